The minimum Gasteiger partial charge on any atom is -0.453 e. The number of likely N-dealkylation sites (N-methyl/N-ethyl adjacent to an activating group) is 1. The van der Waals surface area contributed by atoms with Crippen molar-refractivity contribution in [3.63, 3.8) is 0 Å². The molecule has 1 unspecified atom stereocenters. The number of alkyl carbamates (subject to hydrolysis) is 1. The standard InChI is InChI=1S/C32H45ClN4O5/c1-34-22-28(17-23-7-4-3-5-8-23)36-31(38)26-18-25(20-29(21-26)37-12-15-41-16-13-37)30(24-9-6-10-27(33)19-24)42-14-11-35-32(39)40-2/h6,9-10,18-21,23,28,30,34H,3-5,7-8,11-17,22H2,1-2H3,(H,35,39)(H,36,38)/t28-,30?/m0/s1. The molecule has 3 N–H and O–H groups in total. The van der Waals surface area contributed by atoms with E-state index in [-0.39, 0.29) is 25.1 Å². The van der Waals surface area contributed by atoms with Gasteiger partial charge in [-0.25, -0.2) is 4.79 Å². The lowest BCUT2D eigenvalue weighted by Crippen LogP contribution is -2.42. The third-order valence-electron chi connectivity index (χ3n) is 8.00. The van der Waals surface area contributed by atoms with Crippen LogP contribution in [0.2, 0.25) is 5.02 Å². The first-order valence-corrected chi connectivity index (χ1v) is 15.5. The molecule has 2 amide bonds. The molecule has 2 aliphatic rings. The van der Waals surface area contributed by atoms with Crippen LogP contribution < -0.4 is 20.9 Å². The number of benzene rings is 2. The fraction of sp³-hybridized carbons (Fsp3) is 0.562. The maximum Gasteiger partial charge on any atom is 0.406 e. The Bertz CT molecular complexity index is 1150. The van der Waals surface area contributed by atoms with Crippen molar-refractivity contribution in [1.29, 1.82) is 0 Å². The van der Waals surface area contributed by atoms with Crippen LogP contribution in [0.1, 0.15) is 66.1 Å². The first kappa shape index (κ1) is 32.1. The van der Waals surface area contributed by atoms with Crippen LogP contribution in [0, 0.1) is 5.92 Å². The molecule has 2 aromatic carbocycles. The Kier molecular flexibility index (Phi) is 12.8. The quantitative estimate of drug-likeness (QED) is 0.280. The van der Waals surface area contributed by atoms with E-state index in [9.17, 15) is 9.59 Å². The molecular formula is C32H45ClN4O5. The van der Waals surface area contributed by atoms with Crippen molar-refractivity contribution >= 4 is 29.3 Å². The van der Waals surface area contributed by atoms with Crippen molar-refractivity contribution in [3.05, 3.63) is 64.2 Å². The number of methoxy groups -OCH3 is 1. The van der Waals surface area contributed by atoms with Crippen LogP contribution in [0.5, 0.6) is 0 Å². The van der Waals surface area contributed by atoms with Crippen LogP contribution in [-0.4, -0.2) is 78.2 Å². The molecule has 10 heteroatoms. The van der Waals surface area contributed by atoms with Crippen molar-refractivity contribution in [1.82, 2.24) is 16.0 Å². The number of carbonyl (C=O) groups is 2. The largest absolute Gasteiger partial charge is 0.453 e. The molecule has 230 valence electrons. The maximum absolute atomic E-state index is 13.8. The van der Waals surface area contributed by atoms with E-state index in [1.54, 1.807) is 0 Å². The molecule has 0 bridgehead atoms. The third-order valence-corrected chi connectivity index (χ3v) is 8.24. The number of morpholine rings is 1. The molecular weight excluding hydrogens is 556 g/mol. The van der Waals surface area contributed by atoms with Gasteiger partial charge >= 0.3 is 6.09 Å². The van der Waals surface area contributed by atoms with Gasteiger partial charge in [0, 0.05) is 48.5 Å². The Morgan fingerprint density at radius 3 is 2.57 bits per heavy atom. The topological polar surface area (TPSA) is 101 Å². The predicted octanol–water partition coefficient (Wildman–Crippen LogP) is 4.93. The summed E-state index contributed by atoms with van der Waals surface area (Å²) in [6.07, 6.45) is 6.27. The summed E-state index contributed by atoms with van der Waals surface area (Å²) in [5.41, 5.74) is 3.22. The fourth-order valence-electron chi connectivity index (χ4n) is 5.91. The highest BCUT2D eigenvalue weighted by Gasteiger charge is 2.24. The van der Waals surface area contributed by atoms with Crippen LogP contribution in [0.15, 0.2) is 42.5 Å². The summed E-state index contributed by atoms with van der Waals surface area (Å²) in [7, 11) is 3.25. The van der Waals surface area contributed by atoms with Gasteiger partial charge < -0.3 is 35.1 Å². The molecule has 42 heavy (non-hydrogen) atoms. The van der Waals surface area contributed by atoms with Gasteiger partial charge in [0.05, 0.1) is 26.9 Å². The van der Waals surface area contributed by atoms with Crippen LogP contribution in [0.25, 0.3) is 0 Å². The van der Waals surface area contributed by atoms with Gasteiger partial charge in [0.1, 0.15) is 6.10 Å². The SMILES string of the molecule is CNC[C@H](CC1CCCCC1)NC(=O)c1cc(C(OCCNC(=O)OC)c2cccc(Cl)c2)cc(N2CCOCC2)c1. The normalized spacial score (nSPS) is 17.4. The van der Waals surface area contributed by atoms with Gasteiger partial charge in [-0.15, -0.1) is 0 Å². The zero-order valence-electron chi connectivity index (χ0n) is 24.8. The number of hydrogen-bond donors (Lipinski definition) is 3. The van der Waals surface area contributed by atoms with Crippen LogP contribution >= 0.6 is 11.6 Å². The molecule has 0 spiro atoms. The Balaban J connectivity index is 1.63. The van der Waals surface area contributed by atoms with Crippen LogP contribution in [-0.2, 0) is 14.2 Å². The summed E-state index contributed by atoms with van der Waals surface area (Å²) in [6, 6.07) is 13.5. The summed E-state index contributed by atoms with van der Waals surface area (Å²) in [5, 5.41) is 9.84. The molecule has 1 heterocycles. The number of carbonyl (C=O) groups excluding carboxylic acids is 2. The van der Waals surface area contributed by atoms with E-state index in [1.165, 1.54) is 39.2 Å². The predicted molar refractivity (Wildman–Crippen MR) is 166 cm³/mol. The molecule has 2 fully saturated rings. The average molecular weight is 601 g/mol. The second-order valence-corrected chi connectivity index (χ2v) is 11.5. The number of hydrogen-bond acceptors (Lipinski definition) is 7. The van der Waals surface area contributed by atoms with Crippen molar-refractivity contribution in [2.24, 2.45) is 5.92 Å². The number of nitrogens with zero attached hydrogens (tertiary/aromatic N) is 1. The minimum absolute atomic E-state index is 0.0467. The van der Waals surface area contributed by atoms with E-state index in [0.29, 0.717) is 29.7 Å². The molecule has 1 aliphatic carbocycles. The molecule has 4 rings (SSSR count). The van der Waals surface area contributed by atoms with E-state index in [0.717, 1.165) is 42.9 Å². The second kappa shape index (κ2) is 16.7. The van der Waals surface area contributed by atoms with E-state index in [1.807, 2.05) is 43.4 Å². The van der Waals surface area contributed by atoms with Gasteiger partial charge in [-0.2, -0.15) is 0 Å². The van der Waals surface area contributed by atoms with Gasteiger partial charge in [0.25, 0.3) is 5.91 Å². The summed E-state index contributed by atoms with van der Waals surface area (Å²) >= 11 is 6.38. The Morgan fingerprint density at radius 2 is 1.86 bits per heavy atom. The van der Waals surface area contributed by atoms with Crippen molar-refractivity contribution in [2.75, 3.05) is 65.1 Å². The van der Waals surface area contributed by atoms with E-state index < -0.39 is 12.2 Å². The van der Waals surface area contributed by atoms with E-state index in [2.05, 4.69) is 31.7 Å². The van der Waals surface area contributed by atoms with Crippen molar-refractivity contribution in [3.8, 4) is 0 Å². The first-order chi connectivity index (χ1) is 20.5. The van der Waals surface area contributed by atoms with Gasteiger partial charge in [-0.1, -0.05) is 55.8 Å². The van der Waals surface area contributed by atoms with Gasteiger partial charge in [0.2, 0.25) is 0 Å². The molecule has 2 atom stereocenters. The summed E-state index contributed by atoms with van der Waals surface area (Å²) in [5.74, 6) is 0.548. The monoisotopic (exact) mass is 600 g/mol. The zero-order valence-corrected chi connectivity index (χ0v) is 25.6. The minimum atomic E-state index is -0.518. The highest BCUT2D eigenvalue weighted by Crippen LogP contribution is 2.32. The van der Waals surface area contributed by atoms with Gasteiger partial charge in [-0.3, -0.25) is 4.79 Å². The summed E-state index contributed by atoms with van der Waals surface area (Å²) in [4.78, 5) is 27.6. The highest BCUT2D eigenvalue weighted by molar-refractivity contribution is 6.30. The average Bonchev–Trinajstić information content (AvgIpc) is 3.01. The summed E-state index contributed by atoms with van der Waals surface area (Å²) in [6.45, 7) is 3.96. The number of nitrogens with one attached hydrogen (secondary N) is 3. The lowest BCUT2D eigenvalue weighted by Gasteiger charge is -2.31. The highest BCUT2D eigenvalue weighted by atomic mass is 35.5. The second-order valence-electron chi connectivity index (χ2n) is 11.1. The fourth-order valence-corrected chi connectivity index (χ4v) is 6.11. The molecule has 9 nitrogen and oxygen atoms in total. The Hall–Kier alpha value is -2.85. The van der Waals surface area contributed by atoms with Gasteiger partial charge in [-0.05, 0) is 60.8 Å². The van der Waals surface area contributed by atoms with Crippen LogP contribution in [0.4, 0.5) is 10.5 Å². The molecule has 1 saturated carbocycles. The number of halogens is 1. The van der Waals surface area contributed by atoms with Gasteiger partial charge in [0.15, 0.2) is 0 Å². The lowest BCUT2D eigenvalue weighted by molar-refractivity contribution is 0.0803. The van der Waals surface area contributed by atoms with Crippen molar-refractivity contribution < 1.29 is 23.8 Å². The molecule has 2 aromatic rings. The van der Waals surface area contributed by atoms with E-state index in [4.69, 9.17) is 21.1 Å². The number of anilines is 1. The zero-order chi connectivity index (χ0) is 29.7. The van der Waals surface area contributed by atoms with Crippen molar-refractivity contribution in [2.45, 2.75) is 50.7 Å². The number of amides is 2. The maximum atomic E-state index is 13.8. The lowest BCUT2D eigenvalue weighted by atomic mass is 9.84. The van der Waals surface area contributed by atoms with Crippen LogP contribution in [0.3, 0.4) is 0 Å². The van der Waals surface area contributed by atoms with E-state index >= 15 is 0 Å². The molecule has 0 aromatic heterocycles. The Morgan fingerprint density at radius 1 is 1.07 bits per heavy atom. The Labute approximate surface area is 254 Å². The first-order valence-electron chi connectivity index (χ1n) is 15.1. The third kappa shape index (κ3) is 9.59. The number of ether oxygens (including phenoxy) is 3. The summed E-state index contributed by atoms with van der Waals surface area (Å²) < 4.78 is 16.6. The smallest absolute Gasteiger partial charge is 0.406 e. The molecule has 1 saturated heterocycles. The molecule has 1 aliphatic heterocycles. The number of rotatable bonds is 13. The molecule has 0 radical (unpaired) electrons.